The third kappa shape index (κ3) is 7.64. The van der Waals surface area contributed by atoms with Crippen LogP contribution in [0.5, 0.6) is 0 Å². The molecular weight excluding hydrogens is 1080 g/mol. The van der Waals surface area contributed by atoms with Crippen LogP contribution in [0.15, 0.2) is 146 Å². The average Bonchev–Trinajstić information content (AvgIpc) is 1.65. The maximum absolute atomic E-state index is 15.2. The van der Waals surface area contributed by atoms with Crippen LogP contribution in [0.3, 0.4) is 0 Å². The Morgan fingerprint density at radius 3 is 0.610 bits per heavy atom. The van der Waals surface area contributed by atoms with Crippen molar-refractivity contribution in [3.8, 4) is 34.9 Å². The molecule has 0 aliphatic rings. The number of hydrogen-bond acceptors (Lipinski definition) is 2. The van der Waals surface area contributed by atoms with Crippen LogP contribution in [0, 0.1) is 50.4 Å². The monoisotopic (exact) mass is 1120 g/mol. The van der Waals surface area contributed by atoms with Gasteiger partial charge in [0.25, 0.3) is 0 Å². The topological polar surface area (TPSA) is 67.3 Å². The van der Waals surface area contributed by atoms with Crippen LogP contribution in [0.2, 0.25) is 0 Å². The number of rotatable bonds is 4. The summed E-state index contributed by atoms with van der Waals surface area (Å²) >= 11 is 0. The van der Waals surface area contributed by atoms with Gasteiger partial charge in [-0.1, -0.05) is 72.8 Å². The quantitative estimate of drug-likeness (QED) is 0.165. The summed E-state index contributed by atoms with van der Waals surface area (Å²) in [6, 6.07) is 36.0. The highest BCUT2D eigenvalue weighted by Crippen LogP contribution is 2.51. The van der Waals surface area contributed by atoms with Crippen molar-refractivity contribution in [1.29, 1.82) is 10.5 Å². The first-order chi connectivity index (χ1) is 38.8. The summed E-state index contributed by atoms with van der Waals surface area (Å²) in [7, 11) is 0. The van der Waals surface area contributed by atoms with E-state index in [1.165, 1.54) is 42.5 Å². The minimum absolute atomic E-state index is 0.141. The van der Waals surface area contributed by atoms with Gasteiger partial charge in [-0.05, 0) is 123 Å². The highest BCUT2D eigenvalue weighted by Gasteiger charge is 2.39. The minimum atomic E-state index is -4.99. The largest absolute Gasteiger partial charge is 0.416 e. The molecule has 18 heteroatoms. The molecule has 4 heterocycles. The third-order valence-electron chi connectivity index (χ3n) is 15.5. The van der Waals surface area contributed by atoms with E-state index in [4.69, 9.17) is 0 Å². The second-order valence-electron chi connectivity index (χ2n) is 20.7. The second-order valence-corrected chi connectivity index (χ2v) is 20.7. The van der Waals surface area contributed by atoms with E-state index < -0.39 is 80.8 Å². The van der Waals surface area contributed by atoms with E-state index in [1.54, 1.807) is 100 Å². The summed E-state index contributed by atoms with van der Waals surface area (Å²) in [5, 5.41) is 27.0. The zero-order chi connectivity index (χ0) is 58.0. The van der Waals surface area contributed by atoms with Crippen LogP contribution in [0.25, 0.3) is 110 Å². The van der Waals surface area contributed by atoms with Crippen LogP contribution in [0.4, 0.5) is 52.7 Å². The number of hydrogen-bond donors (Lipinski definition) is 0. The van der Waals surface area contributed by atoms with E-state index >= 15 is 52.7 Å². The summed E-state index contributed by atoms with van der Waals surface area (Å²) in [6.07, 6.45) is -20.0. The number of halogens is 12. The van der Waals surface area contributed by atoms with Crippen molar-refractivity contribution < 1.29 is 52.7 Å². The third-order valence-corrected chi connectivity index (χ3v) is 15.5. The molecule has 4 aromatic heterocycles. The Morgan fingerprint density at radius 2 is 0.439 bits per heavy atom. The predicted molar refractivity (Wildman–Crippen MR) is 292 cm³/mol. The van der Waals surface area contributed by atoms with Crippen molar-refractivity contribution in [2.45, 2.75) is 52.4 Å². The Kier molecular flexibility index (Phi) is 11.0. The molecule has 13 aromatic rings. The van der Waals surface area contributed by atoms with E-state index in [9.17, 15) is 10.5 Å². The lowest BCUT2D eigenvalue weighted by Crippen LogP contribution is -2.17. The van der Waals surface area contributed by atoms with E-state index in [0.717, 1.165) is 48.5 Å². The molecule has 0 N–H and O–H groups in total. The Bertz CT molecular complexity index is 4440. The molecule has 13 rings (SSSR count). The van der Waals surface area contributed by atoms with Gasteiger partial charge in [0, 0.05) is 43.1 Å². The molecule has 0 fully saturated rings. The Labute approximate surface area is 455 Å². The summed E-state index contributed by atoms with van der Waals surface area (Å²) in [5.74, 6) is 0. The van der Waals surface area contributed by atoms with E-state index in [-0.39, 0.29) is 65.7 Å². The van der Waals surface area contributed by atoms with Crippen molar-refractivity contribution in [3.63, 3.8) is 0 Å². The summed E-state index contributed by atoms with van der Waals surface area (Å²) in [5.41, 5.74) is -5.39. The molecule has 0 saturated carbocycles. The molecule has 0 aliphatic heterocycles. The molecule has 0 spiro atoms. The summed E-state index contributed by atoms with van der Waals surface area (Å²) in [6.45, 7) is 6.76. The van der Waals surface area contributed by atoms with Crippen LogP contribution >= 0.6 is 0 Å². The fourth-order valence-electron chi connectivity index (χ4n) is 12.0. The number of nitriles is 2. The van der Waals surface area contributed by atoms with Crippen LogP contribution in [0.1, 0.15) is 55.6 Å². The first-order valence-electron chi connectivity index (χ1n) is 25.3. The van der Waals surface area contributed by atoms with Gasteiger partial charge in [-0.25, -0.2) is 0 Å². The molecule has 0 amide bonds. The zero-order valence-corrected chi connectivity index (χ0v) is 43.1. The van der Waals surface area contributed by atoms with Crippen LogP contribution < -0.4 is 0 Å². The molecule has 0 bridgehead atoms. The van der Waals surface area contributed by atoms with E-state index in [0.29, 0.717) is 43.8 Å². The second kappa shape index (κ2) is 17.4. The summed E-state index contributed by atoms with van der Waals surface area (Å²) in [4.78, 5) is 0. The summed E-state index contributed by atoms with van der Waals surface area (Å²) < 4.78 is 188. The first-order valence-corrected chi connectivity index (χ1v) is 25.3. The van der Waals surface area contributed by atoms with Crippen molar-refractivity contribution in [2.75, 3.05) is 0 Å². The number of aryl methyl sites for hydroxylation is 4. The number of benzene rings is 9. The lowest BCUT2D eigenvalue weighted by atomic mass is 9.98. The molecule has 406 valence electrons. The number of nitrogens with zero attached hydrogens (tertiary/aromatic N) is 6. The van der Waals surface area contributed by atoms with Gasteiger partial charge in [-0.2, -0.15) is 63.2 Å². The Hall–Kier alpha value is -9.68. The zero-order valence-electron chi connectivity index (χ0n) is 43.1. The normalized spacial score (nSPS) is 12.9. The molecule has 6 nitrogen and oxygen atoms in total. The van der Waals surface area contributed by atoms with E-state index in [1.807, 2.05) is 0 Å². The Morgan fingerprint density at radius 1 is 0.268 bits per heavy atom. The van der Waals surface area contributed by atoms with Crippen molar-refractivity contribution in [2.24, 2.45) is 0 Å². The lowest BCUT2D eigenvalue weighted by molar-refractivity contribution is -0.138. The SMILES string of the molecule is Cc1ccc2c3ccc(C(F)(F)F)cc3n(-c3c(C#N)c(-n4c5cc(C)ccc5c5ccc(C(F)(F)F)cc54)c(-n4c5cc(C)ccc5c5ccc(C(F)(F)F)cc54)c(C#N)c3-n3c4cc(C)ccc4c4ccc(C(F)(F)F)cc43)c2c1. The molecule has 0 saturated heterocycles. The van der Waals surface area contributed by atoms with Crippen LogP contribution in [-0.4, -0.2) is 18.3 Å². The van der Waals surface area contributed by atoms with E-state index in [2.05, 4.69) is 12.1 Å². The van der Waals surface area contributed by atoms with Crippen molar-refractivity contribution in [1.82, 2.24) is 18.3 Å². The molecular formula is C64H36F12N6. The maximum Gasteiger partial charge on any atom is 0.416 e. The standard InChI is InChI=1S/C64H36F12N6/c1-31-5-13-39-43-17-9-35(61(65,66)67)25-53(43)79(49(39)21-31)57-47(29-77)59(81-51-23-33(3)7-15-41(51)45-19-11-37(27-55(45)81)63(71,72)73)60(82-52-24-34(4)8-16-42(52)46-20-12-38(28-56(46)82)64(74,75)76)48(30-78)58(57)80-50-22-32(2)6-14-40(50)44-18-10-36(26-54(44)80)62(68,69)70/h5-28H,1-4H3. The molecule has 0 aliphatic carbocycles. The molecule has 9 aromatic carbocycles. The van der Waals surface area contributed by atoms with Gasteiger partial charge in [0.05, 0.1) is 89.1 Å². The van der Waals surface area contributed by atoms with Gasteiger partial charge in [-0.15, -0.1) is 0 Å². The van der Waals surface area contributed by atoms with Crippen molar-refractivity contribution in [3.05, 3.63) is 201 Å². The smallest absolute Gasteiger partial charge is 0.306 e. The number of alkyl halides is 12. The number of aromatic nitrogens is 4. The average molecular weight is 1120 g/mol. The van der Waals surface area contributed by atoms with Gasteiger partial charge in [0.15, 0.2) is 0 Å². The van der Waals surface area contributed by atoms with Gasteiger partial charge in [0.1, 0.15) is 23.3 Å². The lowest BCUT2D eigenvalue weighted by Gasteiger charge is -2.27. The first kappa shape index (κ1) is 51.7. The fraction of sp³-hybridized carbons (Fsp3) is 0.125. The minimum Gasteiger partial charge on any atom is -0.306 e. The van der Waals surface area contributed by atoms with Gasteiger partial charge < -0.3 is 18.3 Å². The highest BCUT2D eigenvalue weighted by atomic mass is 19.4. The van der Waals surface area contributed by atoms with Gasteiger partial charge >= 0.3 is 24.7 Å². The molecule has 0 radical (unpaired) electrons. The highest BCUT2D eigenvalue weighted by molar-refractivity contribution is 6.16. The van der Waals surface area contributed by atoms with Crippen molar-refractivity contribution >= 4 is 87.2 Å². The Balaban J connectivity index is 1.42. The maximum atomic E-state index is 15.2. The molecule has 0 atom stereocenters. The fourth-order valence-corrected chi connectivity index (χ4v) is 12.0. The van der Waals surface area contributed by atoms with Gasteiger partial charge in [-0.3, -0.25) is 0 Å². The molecule has 0 unspecified atom stereocenters. The van der Waals surface area contributed by atoms with Gasteiger partial charge in [0.2, 0.25) is 0 Å². The predicted octanol–water partition coefficient (Wildman–Crippen LogP) is 19.1. The molecule has 82 heavy (non-hydrogen) atoms. The number of fused-ring (bicyclic) bond motifs is 12. The van der Waals surface area contributed by atoms with Crippen LogP contribution in [-0.2, 0) is 24.7 Å².